The van der Waals surface area contributed by atoms with Crippen LogP contribution in [0.4, 0.5) is 5.69 Å². The van der Waals surface area contributed by atoms with E-state index < -0.39 is 14.9 Å². The molecule has 1 aromatic rings. The van der Waals surface area contributed by atoms with Crippen molar-refractivity contribution in [2.45, 2.75) is 17.9 Å². The van der Waals surface area contributed by atoms with Crippen LogP contribution in [0, 0.1) is 10.1 Å². The van der Waals surface area contributed by atoms with Gasteiger partial charge in [-0.3, -0.25) is 10.1 Å². The highest BCUT2D eigenvalue weighted by molar-refractivity contribution is 7.89. The number of methoxy groups -OCH3 is 1. The van der Waals surface area contributed by atoms with Crippen molar-refractivity contribution in [3.8, 4) is 5.75 Å². The maximum absolute atomic E-state index is 12.7. The number of ether oxygens (including phenoxy) is 1. The van der Waals surface area contributed by atoms with E-state index in [0.29, 0.717) is 19.6 Å². The van der Waals surface area contributed by atoms with Crippen molar-refractivity contribution in [3.63, 3.8) is 0 Å². The van der Waals surface area contributed by atoms with Gasteiger partial charge in [-0.15, -0.1) is 12.4 Å². The average Bonchev–Trinajstić information content (AvgIpc) is 2.46. The molecule has 1 atom stereocenters. The fraction of sp³-hybridized carbons (Fsp3) is 0.500. The quantitative estimate of drug-likeness (QED) is 0.641. The van der Waals surface area contributed by atoms with Gasteiger partial charge in [-0.1, -0.05) is 0 Å². The van der Waals surface area contributed by atoms with Crippen LogP contribution in [0.1, 0.15) is 6.92 Å². The van der Waals surface area contributed by atoms with E-state index in [2.05, 4.69) is 5.32 Å². The number of nitro benzene ring substituents is 1. The number of nitrogens with zero attached hydrogens (tertiary/aromatic N) is 2. The van der Waals surface area contributed by atoms with Gasteiger partial charge < -0.3 is 10.1 Å². The van der Waals surface area contributed by atoms with Crippen LogP contribution in [0.25, 0.3) is 0 Å². The molecule has 0 spiro atoms. The Morgan fingerprint density at radius 2 is 2.14 bits per heavy atom. The van der Waals surface area contributed by atoms with Crippen molar-refractivity contribution < 1.29 is 18.1 Å². The first-order valence-electron chi connectivity index (χ1n) is 6.43. The maximum Gasteiger partial charge on any atom is 0.271 e. The minimum absolute atomic E-state index is 0. The van der Waals surface area contributed by atoms with Crippen LogP contribution in [0.5, 0.6) is 5.75 Å². The monoisotopic (exact) mass is 351 g/mol. The maximum atomic E-state index is 12.7. The summed E-state index contributed by atoms with van der Waals surface area (Å²) < 4.78 is 31.9. The van der Waals surface area contributed by atoms with Crippen molar-refractivity contribution >= 4 is 28.1 Å². The molecule has 1 aliphatic heterocycles. The Kier molecular flexibility index (Phi) is 6.12. The molecule has 2 rings (SSSR count). The van der Waals surface area contributed by atoms with Gasteiger partial charge in [0.15, 0.2) is 0 Å². The number of hydrogen-bond donors (Lipinski definition) is 1. The fourth-order valence-electron chi connectivity index (χ4n) is 2.29. The molecule has 0 aromatic heterocycles. The van der Waals surface area contributed by atoms with Crippen LogP contribution in [0.2, 0.25) is 0 Å². The van der Waals surface area contributed by atoms with Crippen molar-refractivity contribution in [1.82, 2.24) is 9.62 Å². The van der Waals surface area contributed by atoms with Gasteiger partial charge in [0.1, 0.15) is 10.6 Å². The van der Waals surface area contributed by atoms with Crippen molar-refractivity contribution in [2.24, 2.45) is 0 Å². The molecule has 0 aliphatic carbocycles. The van der Waals surface area contributed by atoms with Gasteiger partial charge in [0, 0.05) is 37.8 Å². The molecule has 22 heavy (non-hydrogen) atoms. The topological polar surface area (TPSA) is 102 Å². The lowest BCUT2D eigenvalue weighted by Gasteiger charge is -2.33. The van der Waals surface area contributed by atoms with Crippen LogP contribution in [-0.4, -0.2) is 50.4 Å². The molecular weight excluding hydrogens is 334 g/mol. The Labute approximate surface area is 135 Å². The van der Waals surface area contributed by atoms with Crippen LogP contribution in [-0.2, 0) is 10.0 Å². The molecule has 1 fully saturated rings. The smallest absolute Gasteiger partial charge is 0.271 e. The lowest BCUT2D eigenvalue weighted by atomic mass is 10.3. The van der Waals surface area contributed by atoms with E-state index in [0.717, 1.165) is 6.07 Å². The second-order valence-electron chi connectivity index (χ2n) is 4.76. The first-order valence-corrected chi connectivity index (χ1v) is 7.87. The Hall–Kier alpha value is -1.42. The second kappa shape index (κ2) is 7.23. The molecule has 1 heterocycles. The lowest BCUT2D eigenvalue weighted by molar-refractivity contribution is -0.385. The first-order chi connectivity index (χ1) is 9.87. The molecule has 1 aromatic carbocycles. The Morgan fingerprint density at radius 3 is 2.68 bits per heavy atom. The summed E-state index contributed by atoms with van der Waals surface area (Å²) in [6.07, 6.45) is 0. The van der Waals surface area contributed by atoms with Crippen molar-refractivity contribution in [1.29, 1.82) is 0 Å². The summed E-state index contributed by atoms with van der Waals surface area (Å²) in [7, 11) is -2.51. The van der Waals surface area contributed by atoms with Crippen LogP contribution in [0.15, 0.2) is 23.1 Å². The molecule has 0 radical (unpaired) electrons. The number of hydrogen-bond acceptors (Lipinski definition) is 6. The van der Waals surface area contributed by atoms with Gasteiger partial charge in [0.05, 0.1) is 12.0 Å². The van der Waals surface area contributed by atoms with E-state index in [9.17, 15) is 18.5 Å². The second-order valence-corrected chi connectivity index (χ2v) is 6.62. The van der Waals surface area contributed by atoms with Crippen LogP contribution >= 0.6 is 12.4 Å². The summed E-state index contributed by atoms with van der Waals surface area (Å²) >= 11 is 0. The molecule has 10 heteroatoms. The molecule has 124 valence electrons. The minimum atomic E-state index is -3.85. The third-order valence-electron chi connectivity index (χ3n) is 3.38. The molecule has 0 saturated carbocycles. The summed E-state index contributed by atoms with van der Waals surface area (Å²) in [5.41, 5.74) is -0.280. The Bertz CT molecular complexity index is 652. The molecule has 8 nitrogen and oxygen atoms in total. The summed E-state index contributed by atoms with van der Waals surface area (Å²) in [6, 6.07) is 3.34. The number of rotatable bonds is 4. The third-order valence-corrected chi connectivity index (χ3v) is 5.42. The van der Waals surface area contributed by atoms with Gasteiger partial charge in [-0.2, -0.15) is 4.31 Å². The predicted octanol–water partition coefficient (Wildman–Crippen LogP) is 1.01. The number of non-ortho nitro benzene ring substituents is 1. The van der Waals surface area contributed by atoms with Gasteiger partial charge in [0.2, 0.25) is 10.0 Å². The average molecular weight is 352 g/mol. The van der Waals surface area contributed by atoms with Gasteiger partial charge in [-0.05, 0) is 13.0 Å². The van der Waals surface area contributed by atoms with E-state index in [-0.39, 0.29) is 34.8 Å². The fourth-order valence-corrected chi connectivity index (χ4v) is 4.09. The largest absolute Gasteiger partial charge is 0.495 e. The molecule has 0 amide bonds. The van der Waals surface area contributed by atoms with E-state index in [1.54, 1.807) is 6.92 Å². The van der Waals surface area contributed by atoms with Crippen LogP contribution in [0.3, 0.4) is 0 Å². The lowest BCUT2D eigenvalue weighted by Crippen LogP contribution is -2.52. The zero-order chi connectivity index (χ0) is 15.6. The van der Waals surface area contributed by atoms with Crippen molar-refractivity contribution in [3.05, 3.63) is 28.3 Å². The summed E-state index contributed by atoms with van der Waals surface area (Å²) in [5, 5.41) is 14.0. The zero-order valence-electron chi connectivity index (χ0n) is 12.2. The highest BCUT2D eigenvalue weighted by atomic mass is 35.5. The highest BCUT2D eigenvalue weighted by Crippen LogP contribution is 2.31. The number of nitro groups is 1. The first kappa shape index (κ1) is 18.6. The number of benzene rings is 1. The highest BCUT2D eigenvalue weighted by Gasteiger charge is 2.34. The Balaban J connectivity index is 0.00000242. The van der Waals surface area contributed by atoms with Crippen LogP contribution < -0.4 is 10.1 Å². The predicted molar refractivity (Wildman–Crippen MR) is 83.1 cm³/mol. The zero-order valence-corrected chi connectivity index (χ0v) is 13.8. The Morgan fingerprint density at radius 1 is 1.45 bits per heavy atom. The number of halogens is 1. The molecule has 0 bridgehead atoms. The molecule has 0 unspecified atom stereocenters. The van der Waals surface area contributed by atoms with Gasteiger partial charge >= 0.3 is 0 Å². The normalized spacial score (nSPS) is 19.3. The molecule has 1 N–H and O–H groups in total. The molecule has 1 aliphatic rings. The van der Waals surface area contributed by atoms with Crippen molar-refractivity contribution in [2.75, 3.05) is 26.7 Å². The standard InChI is InChI=1S/C12H17N3O5S.ClH/c1-9-8-13-5-6-14(9)21(18,19)12-7-10(15(16)17)3-4-11(12)20-2;/h3-4,7,9,13H,5-6,8H2,1-2H3;1H/t9-;/m0./s1. The van der Waals surface area contributed by atoms with Gasteiger partial charge in [0.25, 0.3) is 5.69 Å². The minimum Gasteiger partial charge on any atom is -0.495 e. The van der Waals surface area contributed by atoms with E-state index in [1.807, 2.05) is 0 Å². The third kappa shape index (κ3) is 3.49. The SMILES string of the molecule is COc1ccc([N+](=O)[O-])cc1S(=O)(=O)N1CCNC[C@@H]1C.Cl. The summed E-state index contributed by atoms with van der Waals surface area (Å²) in [4.78, 5) is 10.1. The van der Waals surface area contributed by atoms with E-state index in [4.69, 9.17) is 4.74 Å². The van der Waals surface area contributed by atoms with E-state index in [1.165, 1.54) is 23.5 Å². The van der Waals surface area contributed by atoms with E-state index >= 15 is 0 Å². The number of sulfonamides is 1. The molecule has 1 saturated heterocycles. The van der Waals surface area contributed by atoms with Gasteiger partial charge in [-0.25, -0.2) is 8.42 Å². The summed E-state index contributed by atoms with van der Waals surface area (Å²) in [5.74, 6) is 0.103. The number of nitrogens with one attached hydrogen (secondary N) is 1. The summed E-state index contributed by atoms with van der Waals surface area (Å²) in [6.45, 7) is 3.18. The molecular formula is C12H18ClN3O5S. The number of piperazine rings is 1.